The molecule has 0 heterocycles. The molecule has 0 saturated carbocycles. The smallest absolute Gasteiger partial charge is 0.237 e. The molecule has 5 nitrogen and oxygen atoms in total. The van der Waals surface area contributed by atoms with E-state index in [0.29, 0.717) is 5.92 Å². The predicted octanol–water partition coefficient (Wildman–Crippen LogP) is 1.08. The van der Waals surface area contributed by atoms with Gasteiger partial charge in [0.1, 0.15) is 9.84 Å². The van der Waals surface area contributed by atoms with Crippen LogP contribution in [0.3, 0.4) is 0 Å². The Morgan fingerprint density at radius 3 is 2.21 bits per heavy atom. The summed E-state index contributed by atoms with van der Waals surface area (Å²) in [4.78, 5) is 11.7. The first-order valence-electron chi connectivity index (χ1n) is 6.85. The van der Waals surface area contributed by atoms with E-state index in [1.54, 1.807) is 0 Å². The molecule has 0 radical (unpaired) electrons. The van der Waals surface area contributed by atoms with E-state index in [-0.39, 0.29) is 24.1 Å². The Labute approximate surface area is 117 Å². The maximum Gasteiger partial charge on any atom is 0.237 e. The number of hydrogen-bond donors (Lipinski definition) is 2. The minimum absolute atomic E-state index is 0.0523. The average Bonchev–Trinajstić information content (AvgIpc) is 2.24. The molecule has 6 heteroatoms. The first kappa shape index (κ1) is 18.4. The molecule has 0 fully saturated rings. The van der Waals surface area contributed by atoms with Gasteiger partial charge in [-0.25, -0.2) is 8.42 Å². The van der Waals surface area contributed by atoms with Crippen molar-refractivity contribution in [3.63, 3.8) is 0 Å². The molecule has 0 spiro atoms. The molecule has 0 saturated heterocycles. The Balaban J connectivity index is 3.94. The zero-order valence-electron chi connectivity index (χ0n) is 12.5. The van der Waals surface area contributed by atoms with Gasteiger partial charge < -0.3 is 11.1 Å². The second kappa shape index (κ2) is 8.53. The highest BCUT2D eigenvalue weighted by Gasteiger charge is 2.17. The molecule has 0 aromatic carbocycles. The molecular weight excluding hydrogens is 264 g/mol. The normalized spacial score (nSPS) is 15.3. The van der Waals surface area contributed by atoms with Gasteiger partial charge in [-0.3, -0.25) is 4.79 Å². The van der Waals surface area contributed by atoms with Gasteiger partial charge in [-0.05, 0) is 25.7 Å². The average molecular weight is 292 g/mol. The van der Waals surface area contributed by atoms with Crippen LogP contribution in [-0.2, 0) is 14.6 Å². The van der Waals surface area contributed by atoms with Gasteiger partial charge in [-0.1, -0.05) is 26.7 Å². The van der Waals surface area contributed by atoms with Gasteiger partial charge >= 0.3 is 0 Å². The Morgan fingerprint density at radius 2 is 1.74 bits per heavy atom. The summed E-state index contributed by atoms with van der Waals surface area (Å²) < 4.78 is 22.0. The van der Waals surface area contributed by atoms with Crippen molar-refractivity contribution in [2.24, 2.45) is 11.7 Å². The fraction of sp³-hybridized carbons (Fsp3) is 0.923. The molecule has 0 bridgehead atoms. The SMILES string of the molecule is CC(C)CCCC(C)NC(=O)C(N)CCS(C)(=O)=O. The highest BCUT2D eigenvalue weighted by Crippen LogP contribution is 2.08. The molecule has 0 aliphatic rings. The summed E-state index contributed by atoms with van der Waals surface area (Å²) in [5.41, 5.74) is 5.67. The zero-order valence-corrected chi connectivity index (χ0v) is 13.3. The van der Waals surface area contributed by atoms with E-state index in [0.717, 1.165) is 25.5 Å². The van der Waals surface area contributed by atoms with Crippen molar-refractivity contribution in [3.8, 4) is 0 Å². The number of hydrogen-bond acceptors (Lipinski definition) is 4. The zero-order chi connectivity index (χ0) is 15.1. The van der Waals surface area contributed by atoms with Crippen LogP contribution < -0.4 is 11.1 Å². The van der Waals surface area contributed by atoms with E-state index in [1.165, 1.54) is 0 Å². The van der Waals surface area contributed by atoms with Crippen LogP contribution in [0.2, 0.25) is 0 Å². The summed E-state index contributed by atoms with van der Waals surface area (Å²) in [6.07, 6.45) is 4.44. The summed E-state index contributed by atoms with van der Waals surface area (Å²) in [6, 6.07) is -0.669. The second-order valence-corrected chi connectivity index (χ2v) is 8.02. The molecule has 2 atom stereocenters. The van der Waals surface area contributed by atoms with E-state index in [4.69, 9.17) is 5.73 Å². The van der Waals surface area contributed by atoms with Crippen LogP contribution in [0.25, 0.3) is 0 Å². The van der Waals surface area contributed by atoms with Gasteiger partial charge in [0.25, 0.3) is 0 Å². The van der Waals surface area contributed by atoms with Crippen molar-refractivity contribution < 1.29 is 13.2 Å². The fourth-order valence-electron chi connectivity index (χ4n) is 1.73. The Morgan fingerprint density at radius 1 is 1.16 bits per heavy atom. The molecule has 114 valence electrons. The van der Waals surface area contributed by atoms with Gasteiger partial charge in [0, 0.05) is 12.3 Å². The molecule has 0 aromatic rings. The third-order valence-electron chi connectivity index (χ3n) is 2.94. The standard InChI is InChI=1S/C13H28N2O3S/c1-10(2)6-5-7-11(3)15-13(16)12(14)8-9-19(4,17)18/h10-12H,5-9,14H2,1-4H3,(H,15,16). The Bertz CT molecular complexity index is 366. The lowest BCUT2D eigenvalue weighted by molar-refractivity contribution is -0.123. The number of amides is 1. The van der Waals surface area contributed by atoms with Crippen molar-refractivity contribution in [1.82, 2.24) is 5.32 Å². The summed E-state index contributed by atoms with van der Waals surface area (Å²) in [7, 11) is -3.06. The number of nitrogens with one attached hydrogen (secondary N) is 1. The summed E-state index contributed by atoms with van der Waals surface area (Å²) in [5, 5.41) is 2.83. The largest absolute Gasteiger partial charge is 0.352 e. The monoisotopic (exact) mass is 292 g/mol. The molecule has 0 aromatic heterocycles. The highest BCUT2D eigenvalue weighted by atomic mass is 32.2. The van der Waals surface area contributed by atoms with Gasteiger partial charge in [-0.2, -0.15) is 0 Å². The molecule has 1 amide bonds. The van der Waals surface area contributed by atoms with E-state index >= 15 is 0 Å². The van der Waals surface area contributed by atoms with Crippen LogP contribution in [-0.4, -0.2) is 38.4 Å². The van der Waals surface area contributed by atoms with Gasteiger partial charge in [-0.15, -0.1) is 0 Å². The number of carbonyl (C=O) groups is 1. The molecule has 3 N–H and O–H groups in total. The van der Waals surface area contributed by atoms with Crippen LogP contribution >= 0.6 is 0 Å². The maximum atomic E-state index is 11.7. The summed E-state index contributed by atoms with van der Waals surface area (Å²) in [6.45, 7) is 6.29. The summed E-state index contributed by atoms with van der Waals surface area (Å²) in [5.74, 6) is 0.351. The Kier molecular flexibility index (Phi) is 8.25. The first-order chi connectivity index (χ1) is 8.61. The fourth-order valence-corrected chi connectivity index (χ4v) is 2.41. The highest BCUT2D eigenvalue weighted by molar-refractivity contribution is 7.90. The third kappa shape index (κ3) is 10.9. The number of nitrogens with two attached hydrogens (primary N) is 1. The minimum atomic E-state index is -3.06. The molecule has 19 heavy (non-hydrogen) atoms. The topological polar surface area (TPSA) is 89.3 Å². The van der Waals surface area contributed by atoms with Gasteiger partial charge in [0.15, 0.2) is 0 Å². The van der Waals surface area contributed by atoms with E-state index in [1.807, 2.05) is 6.92 Å². The van der Waals surface area contributed by atoms with Crippen molar-refractivity contribution >= 4 is 15.7 Å². The van der Waals surface area contributed by atoms with Crippen molar-refractivity contribution in [1.29, 1.82) is 0 Å². The molecule has 0 aliphatic carbocycles. The lowest BCUT2D eigenvalue weighted by atomic mass is 10.0. The van der Waals surface area contributed by atoms with Crippen molar-refractivity contribution in [2.45, 2.75) is 58.5 Å². The predicted molar refractivity (Wildman–Crippen MR) is 78.6 cm³/mol. The number of carbonyl (C=O) groups excluding carboxylic acids is 1. The van der Waals surface area contributed by atoms with E-state index in [9.17, 15) is 13.2 Å². The maximum absolute atomic E-state index is 11.7. The van der Waals surface area contributed by atoms with E-state index in [2.05, 4.69) is 19.2 Å². The molecule has 0 aliphatic heterocycles. The lowest BCUT2D eigenvalue weighted by Gasteiger charge is -2.17. The van der Waals surface area contributed by atoms with E-state index < -0.39 is 15.9 Å². The van der Waals surface area contributed by atoms with Crippen molar-refractivity contribution in [3.05, 3.63) is 0 Å². The summed E-state index contributed by atoms with van der Waals surface area (Å²) >= 11 is 0. The van der Waals surface area contributed by atoms with Crippen LogP contribution in [0.1, 0.15) is 46.5 Å². The van der Waals surface area contributed by atoms with Crippen LogP contribution in [0, 0.1) is 5.92 Å². The lowest BCUT2D eigenvalue weighted by Crippen LogP contribution is -2.45. The quantitative estimate of drug-likeness (QED) is 0.665. The van der Waals surface area contributed by atoms with Crippen LogP contribution in [0.15, 0.2) is 0 Å². The van der Waals surface area contributed by atoms with Crippen molar-refractivity contribution in [2.75, 3.05) is 12.0 Å². The second-order valence-electron chi connectivity index (χ2n) is 5.76. The third-order valence-corrected chi connectivity index (χ3v) is 3.92. The van der Waals surface area contributed by atoms with Crippen LogP contribution in [0.5, 0.6) is 0 Å². The van der Waals surface area contributed by atoms with Gasteiger partial charge in [0.05, 0.1) is 11.8 Å². The van der Waals surface area contributed by atoms with Crippen LogP contribution in [0.4, 0.5) is 0 Å². The van der Waals surface area contributed by atoms with Gasteiger partial charge in [0.2, 0.25) is 5.91 Å². The first-order valence-corrected chi connectivity index (χ1v) is 8.91. The molecule has 2 unspecified atom stereocenters. The minimum Gasteiger partial charge on any atom is -0.352 e. The molecule has 0 rings (SSSR count). The molecular formula is C13H28N2O3S. The number of rotatable bonds is 9. The Hall–Kier alpha value is -0.620. The number of sulfone groups is 1.